The number of amides is 1. The van der Waals surface area contributed by atoms with E-state index in [1.54, 1.807) is 6.92 Å². The summed E-state index contributed by atoms with van der Waals surface area (Å²) in [6, 6.07) is -0.498. The SMILES string of the molecule is CC(=O)N[C@H]1C(COCC=O)O[C@H](COC(C)=O)C(OC(C)=O)[C@@H]1C. The quantitative estimate of drug-likeness (QED) is 0.354. The topological polar surface area (TPSA) is 117 Å². The molecule has 1 aliphatic rings. The Morgan fingerprint density at radius 1 is 1.08 bits per heavy atom. The van der Waals surface area contributed by atoms with Crippen molar-refractivity contribution in [1.29, 1.82) is 0 Å². The van der Waals surface area contributed by atoms with Gasteiger partial charge < -0.3 is 29.1 Å². The van der Waals surface area contributed by atoms with Crippen LogP contribution in [-0.2, 0) is 38.1 Å². The van der Waals surface area contributed by atoms with Gasteiger partial charge in [0.1, 0.15) is 37.8 Å². The zero-order valence-corrected chi connectivity index (χ0v) is 14.9. The van der Waals surface area contributed by atoms with E-state index < -0.39 is 36.3 Å². The maximum absolute atomic E-state index is 11.5. The van der Waals surface area contributed by atoms with E-state index in [1.807, 2.05) is 0 Å². The van der Waals surface area contributed by atoms with Crippen molar-refractivity contribution in [2.45, 2.75) is 52.0 Å². The minimum atomic E-state index is -0.712. The van der Waals surface area contributed by atoms with Gasteiger partial charge >= 0.3 is 11.9 Å². The van der Waals surface area contributed by atoms with E-state index in [0.717, 1.165) is 0 Å². The second-order valence-corrected chi connectivity index (χ2v) is 5.88. The van der Waals surface area contributed by atoms with Crippen molar-refractivity contribution >= 4 is 24.1 Å². The number of carbonyl (C=O) groups excluding carboxylic acids is 4. The molecule has 142 valence electrons. The Labute approximate surface area is 146 Å². The molecule has 1 N–H and O–H groups in total. The molecule has 0 aliphatic carbocycles. The van der Waals surface area contributed by atoms with Crippen LogP contribution in [0.3, 0.4) is 0 Å². The first kappa shape index (κ1) is 21.0. The van der Waals surface area contributed by atoms with Gasteiger partial charge in [-0.25, -0.2) is 0 Å². The molecular formula is C16H25NO8. The van der Waals surface area contributed by atoms with Crippen molar-refractivity contribution in [3.05, 3.63) is 0 Å². The van der Waals surface area contributed by atoms with E-state index in [2.05, 4.69) is 5.32 Å². The number of rotatable bonds is 8. The molecule has 0 aromatic heterocycles. The highest BCUT2D eigenvalue weighted by Gasteiger charge is 2.46. The fraction of sp³-hybridized carbons (Fsp3) is 0.750. The first-order valence-electron chi connectivity index (χ1n) is 8.00. The normalized spacial score (nSPS) is 28.7. The fourth-order valence-corrected chi connectivity index (χ4v) is 2.81. The van der Waals surface area contributed by atoms with Crippen molar-refractivity contribution < 1.29 is 38.1 Å². The highest BCUT2D eigenvalue weighted by molar-refractivity contribution is 5.73. The van der Waals surface area contributed by atoms with Crippen LogP contribution < -0.4 is 5.32 Å². The van der Waals surface area contributed by atoms with Crippen molar-refractivity contribution in [3.8, 4) is 0 Å². The first-order chi connectivity index (χ1) is 11.8. The smallest absolute Gasteiger partial charge is 0.303 e. The number of hydrogen-bond acceptors (Lipinski definition) is 8. The van der Waals surface area contributed by atoms with Crippen LogP contribution in [0.25, 0.3) is 0 Å². The number of ether oxygens (including phenoxy) is 4. The van der Waals surface area contributed by atoms with E-state index in [-0.39, 0.29) is 31.6 Å². The predicted molar refractivity (Wildman–Crippen MR) is 84.5 cm³/mol. The monoisotopic (exact) mass is 359 g/mol. The third-order valence-corrected chi connectivity index (χ3v) is 3.79. The van der Waals surface area contributed by atoms with Crippen molar-refractivity contribution in [2.24, 2.45) is 5.92 Å². The second-order valence-electron chi connectivity index (χ2n) is 5.88. The summed E-state index contributed by atoms with van der Waals surface area (Å²) in [5, 5.41) is 2.77. The number of nitrogens with one attached hydrogen (secondary N) is 1. The van der Waals surface area contributed by atoms with Crippen LogP contribution in [0.15, 0.2) is 0 Å². The van der Waals surface area contributed by atoms with Gasteiger partial charge in [-0.2, -0.15) is 0 Å². The van der Waals surface area contributed by atoms with Crippen LogP contribution in [0.4, 0.5) is 0 Å². The van der Waals surface area contributed by atoms with Crippen LogP contribution in [0.1, 0.15) is 27.7 Å². The third kappa shape index (κ3) is 6.79. The molecule has 1 amide bonds. The van der Waals surface area contributed by atoms with E-state index in [0.29, 0.717) is 6.29 Å². The van der Waals surface area contributed by atoms with Gasteiger partial charge in [-0.05, 0) is 0 Å². The van der Waals surface area contributed by atoms with Gasteiger partial charge in [-0.1, -0.05) is 6.92 Å². The molecule has 9 nitrogen and oxygen atoms in total. The van der Waals surface area contributed by atoms with Crippen LogP contribution in [0.2, 0.25) is 0 Å². The molecule has 1 aliphatic heterocycles. The van der Waals surface area contributed by atoms with Crippen LogP contribution in [0.5, 0.6) is 0 Å². The summed E-state index contributed by atoms with van der Waals surface area (Å²) >= 11 is 0. The Bertz CT molecular complexity index is 493. The van der Waals surface area contributed by atoms with Crippen LogP contribution >= 0.6 is 0 Å². The zero-order valence-electron chi connectivity index (χ0n) is 14.9. The average Bonchev–Trinajstić information content (AvgIpc) is 2.51. The summed E-state index contributed by atoms with van der Waals surface area (Å²) in [5.41, 5.74) is 0. The largest absolute Gasteiger partial charge is 0.463 e. The number of esters is 2. The molecule has 1 saturated heterocycles. The van der Waals surface area contributed by atoms with Gasteiger partial charge in [-0.3, -0.25) is 14.4 Å². The lowest BCUT2D eigenvalue weighted by molar-refractivity contribution is -0.206. The molecule has 0 bridgehead atoms. The standard InChI is InChI=1S/C16H25NO8/c1-9-15(17-10(2)19)13(7-22-6-5-18)25-14(8-23-11(3)20)16(9)24-12(4)21/h5,9,13-16H,6-8H2,1-4H3,(H,17,19)/t9-,13?,14-,15-,16?/m1/s1. The molecule has 1 rings (SSSR count). The Balaban J connectivity index is 2.97. The maximum Gasteiger partial charge on any atom is 0.303 e. The Morgan fingerprint density at radius 3 is 2.28 bits per heavy atom. The molecule has 1 heterocycles. The van der Waals surface area contributed by atoms with E-state index >= 15 is 0 Å². The first-order valence-corrected chi connectivity index (χ1v) is 8.00. The van der Waals surface area contributed by atoms with Gasteiger partial charge in [0.05, 0.1) is 12.6 Å². The summed E-state index contributed by atoms with van der Waals surface area (Å²) in [6.07, 6.45) is -1.41. The molecule has 0 saturated carbocycles. The molecular weight excluding hydrogens is 334 g/mol. The molecule has 0 aromatic rings. The minimum absolute atomic E-state index is 0.0530. The van der Waals surface area contributed by atoms with E-state index in [9.17, 15) is 19.2 Å². The molecule has 0 aromatic carbocycles. The molecule has 5 atom stereocenters. The van der Waals surface area contributed by atoms with E-state index in [4.69, 9.17) is 18.9 Å². The average molecular weight is 359 g/mol. The fourth-order valence-electron chi connectivity index (χ4n) is 2.81. The summed E-state index contributed by atoms with van der Waals surface area (Å²) in [4.78, 5) is 44.5. The molecule has 25 heavy (non-hydrogen) atoms. The van der Waals surface area contributed by atoms with Gasteiger partial charge in [-0.15, -0.1) is 0 Å². The predicted octanol–water partition coefficient (Wildman–Crippen LogP) is -0.395. The van der Waals surface area contributed by atoms with E-state index in [1.165, 1.54) is 20.8 Å². The molecule has 0 radical (unpaired) electrons. The molecule has 9 heteroatoms. The molecule has 2 unspecified atom stereocenters. The van der Waals surface area contributed by atoms with Gasteiger partial charge in [0.15, 0.2) is 0 Å². The Hall–Kier alpha value is -2.00. The number of carbonyl (C=O) groups is 4. The van der Waals surface area contributed by atoms with Crippen molar-refractivity contribution in [3.63, 3.8) is 0 Å². The number of aldehydes is 1. The van der Waals surface area contributed by atoms with Gasteiger partial charge in [0.25, 0.3) is 0 Å². The highest BCUT2D eigenvalue weighted by atomic mass is 16.6. The minimum Gasteiger partial charge on any atom is -0.463 e. The van der Waals surface area contributed by atoms with Crippen LogP contribution in [-0.4, -0.2) is 68.3 Å². The van der Waals surface area contributed by atoms with Gasteiger partial charge in [0.2, 0.25) is 5.91 Å². The summed E-state index contributed by atoms with van der Waals surface area (Å²) in [6.45, 7) is 5.53. The Kier molecular flexibility index (Phi) is 8.50. The lowest BCUT2D eigenvalue weighted by atomic mass is 9.85. The lowest BCUT2D eigenvalue weighted by Gasteiger charge is -2.45. The highest BCUT2D eigenvalue weighted by Crippen LogP contribution is 2.29. The summed E-state index contributed by atoms with van der Waals surface area (Å²) in [7, 11) is 0. The summed E-state index contributed by atoms with van der Waals surface area (Å²) < 4.78 is 21.4. The molecule has 1 fully saturated rings. The second kappa shape index (κ2) is 10.1. The third-order valence-electron chi connectivity index (χ3n) is 3.79. The zero-order chi connectivity index (χ0) is 19.0. The maximum atomic E-state index is 11.5. The lowest BCUT2D eigenvalue weighted by Crippen LogP contribution is -2.62. The van der Waals surface area contributed by atoms with Crippen molar-refractivity contribution in [1.82, 2.24) is 5.32 Å². The van der Waals surface area contributed by atoms with Crippen molar-refractivity contribution in [2.75, 3.05) is 19.8 Å². The van der Waals surface area contributed by atoms with Crippen LogP contribution in [0, 0.1) is 5.92 Å². The Morgan fingerprint density at radius 2 is 1.76 bits per heavy atom. The summed E-state index contributed by atoms with van der Waals surface area (Å²) in [5.74, 6) is -1.60. The number of hydrogen-bond donors (Lipinski definition) is 1. The van der Waals surface area contributed by atoms with Gasteiger partial charge in [0, 0.05) is 26.7 Å². The molecule has 0 spiro atoms.